The van der Waals surface area contributed by atoms with Gasteiger partial charge in [-0.2, -0.15) is 0 Å². The lowest BCUT2D eigenvalue weighted by atomic mass is 9.94. The van der Waals surface area contributed by atoms with Crippen LogP contribution in [0.3, 0.4) is 0 Å². The van der Waals surface area contributed by atoms with Crippen molar-refractivity contribution in [3.05, 3.63) is 35.6 Å². The zero-order chi connectivity index (χ0) is 20.1. The standard InChI is InChI=1S/C18H22ClN3O5S/c1-25-15-7-8-16(26-2)17(9-15)28(23,24)22-13-3-5-14(6-4-13)27-18-20-10-12(19)11-21-18/h7-11,13-14,22H,3-6H2,1-2H3. The molecule has 28 heavy (non-hydrogen) atoms. The quantitative estimate of drug-likeness (QED) is 0.725. The summed E-state index contributed by atoms with van der Waals surface area (Å²) in [6, 6.07) is 4.76. The van der Waals surface area contributed by atoms with Gasteiger partial charge in [-0.05, 0) is 37.8 Å². The molecule has 2 aromatic rings. The minimum absolute atomic E-state index is 0.0577. The first-order valence-electron chi connectivity index (χ1n) is 8.80. The predicted octanol–water partition coefficient (Wildman–Crippen LogP) is 2.82. The Morgan fingerprint density at radius 2 is 1.75 bits per heavy atom. The highest BCUT2D eigenvalue weighted by Crippen LogP contribution is 2.30. The van der Waals surface area contributed by atoms with Crippen LogP contribution in [0, 0.1) is 0 Å². The fourth-order valence-electron chi connectivity index (χ4n) is 3.09. The van der Waals surface area contributed by atoms with Crippen LogP contribution in [0.25, 0.3) is 0 Å². The van der Waals surface area contributed by atoms with Crippen LogP contribution in [-0.2, 0) is 10.0 Å². The Bertz CT molecular complexity index is 900. The number of hydrogen-bond acceptors (Lipinski definition) is 7. The average molecular weight is 428 g/mol. The lowest BCUT2D eigenvalue weighted by molar-refractivity contribution is 0.132. The van der Waals surface area contributed by atoms with Gasteiger partial charge < -0.3 is 14.2 Å². The molecule has 10 heteroatoms. The van der Waals surface area contributed by atoms with Gasteiger partial charge in [-0.3, -0.25) is 0 Å². The van der Waals surface area contributed by atoms with Crippen LogP contribution in [-0.4, -0.2) is 44.8 Å². The molecule has 0 unspecified atom stereocenters. The molecular formula is C18H22ClN3O5S. The highest BCUT2D eigenvalue weighted by Gasteiger charge is 2.29. The number of rotatable bonds is 7. The van der Waals surface area contributed by atoms with E-state index in [1.807, 2.05) is 0 Å². The van der Waals surface area contributed by atoms with Crippen LogP contribution in [0.15, 0.2) is 35.5 Å². The van der Waals surface area contributed by atoms with Crippen molar-refractivity contribution in [3.8, 4) is 17.5 Å². The van der Waals surface area contributed by atoms with Gasteiger partial charge >= 0.3 is 6.01 Å². The second kappa shape index (κ2) is 8.93. The fraction of sp³-hybridized carbons (Fsp3) is 0.444. The molecular weight excluding hydrogens is 406 g/mol. The van der Waals surface area contributed by atoms with E-state index in [-0.39, 0.29) is 28.8 Å². The molecule has 0 saturated heterocycles. The van der Waals surface area contributed by atoms with Crippen LogP contribution in [0.1, 0.15) is 25.7 Å². The summed E-state index contributed by atoms with van der Waals surface area (Å²) in [4.78, 5) is 8.10. The second-order valence-electron chi connectivity index (χ2n) is 6.41. The summed E-state index contributed by atoms with van der Waals surface area (Å²) in [5.74, 6) is 0.714. The van der Waals surface area contributed by atoms with Crippen molar-refractivity contribution in [3.63, 3.8) is 0 Å². The molecule has 0 atom stereocenters. The van der Waals surface area contributed by atoms with E-state index in [0.29, 0.717) is 36.5 Å². The summed E-state index contributed by atoms with van der Waals surface area (Å²) in [6.07, 6.45) is 5.56. The maximum atomic E-state index is 12.8. The lowest BCUT2D eigenvalue weighted by Crippen LogP contribution is -2.39. The van der Waals surface area contributed by atoms with E-state index in [2.05, 4.69) is 14.7 Å². The molecule has 0 amide bonds. The first-order valence-corrected chi connectivity index (χ1v) is 10.7. The molecule has 3 rings (SSSR count). The summed E-state index contributed by atoms with van der Waals surface area (Å²) in [5, 5.41) is 0.443. The van der Waals surface area contributed by atoms with E-state index in [0.717, 1.165) is 0 Å². The van der Waals surface area contributed by atoms with Gasteiger partial charge in [0.2, 0.25) is 10.0 Å². The third kappa shape index (κ3) is 5.03. The molecule has 1 saturated carbocycles. The van der Waals surface area contributed by atoms with Gasteiger partial charge in [-0.15, -0.1) is 0 Å². The second-order valence-corrected chi connectivity index (χ2v) is 8.53. The number of hydrogen-bond donors (Lipinski definition) is 1. The van der Waals surface area contributed by atoms with E-state index in [9.17, 15) is 8.42 Å². The molecule has 0 aliphatic heterocycles. The normalized spacial score (nSPS) is 19.8. The van der Waals surface area contributed by atoms with Gasteiger partial charge in [-0.25, -0.2) is 23.1 Å². The highest BCUT2D eigenvalue weighted by atomic mass is 35.5. The van der Waals surface area contributed by atoms with Gasteiger partial charge in [0.25, 0.3) is 0 Å². The summed E-state index contributed by atoms with van der Waals surface area (Å²) in [7, 11) is -0.835. The minimum Gasteiger partial charge on any atom is -0.497 e. The number of halogens is 1. The average Bonchev–Trinajstić information content (AvgIpc) is 2.70. The van der Waals surface area contributed by atoms with Gasteiger partial charge in [0.15, 0.2) is 0 Å². The smallest absolute Gasteiger partial charge is 0.316 e. The summed E-state index contributed by atoms with van der Waals surface area (Å²) in [5.41, 5.74) is 0. The molecule has 1 heterocycles. The number of ether oxygens (including phenoxy) is 3. The number of nitrogens with one attached hydrogen (secondary N) is 1. The monoisotopic (exact) mass is 427 g/mol. The molecule has 1 aliphatic carbocycles. The Morgan fingerprint density at radius 3 is 2.36 bits per heavy atom. The Morgan fingerprint density at radius 1 is 1.07 bits per heavy atom. The zero-order valence-corrected chi connectivity index (χ0v) is 17.2. The zero-order valence-electron chi connectivity index (χ0n) is 15.6. The summed E-state index contributed by atoms with van der Waals surface area (Å²) >= 11 is 5.76. The van der Waals surface area contributed by atoms with Crippen LogP contribution in [0.2, 0.25) is 5.02 Å². The number of aromatic nitrogens is 2. The van der Waals surface area contributed by atoms with Gasteiger partial charge in [-0.1, -0.05) is 11.6 Å². The number of methoxy groups -OCH3 is 2. The number of benzene rings is 1. The van der Waals surface area contributed by atoms with Crippen LogP contribution < -0.4 is 18.9 Å². The highest BCUT2D eigenvalue weighted by molar-refractivity contribution is 7.89. The molecule has 1 N–H and O–H groups in total. The van der Waals surface area contributed by atoms with E-state index >= 15 is 0 Å². The molecule has 152 valence electrons. The van der Waals surface area contributed by atoms with E-state index < -0.39 is 10.0 Å². The van der Waals surface area contributed by atoms with Crippen LogP contribution in [0.5, 0.6) is 17.5 Å². The molecule has 1 aromatic heterocycles. The predicted molar refractivity (Wildman–Crippen MR) is 104 cm³/mol. The minimum atomic E-state index is -3.75. The van der Waals surface area contributed by atoms with Crippen molar-refractivity contribution >= 4 is 21.6 Å². The topological polar surface area (TPSA) is 99.6 Å². The largest absolute Gasteiger partial charge is 0.497 e. The first-order chi connectivity index (χ1) is 13.4. The molecule has 1 fully saturated rings. The van der Waals surface area contributed by atoms with Crippen molar-refractivity contribution in [2.24, 2.45) is 0 Å². The van der Waals surface area contributed by atoms with Crippen molar-refractivity contribution in [1.29, 1.82) is 0 Å². The van der Waals surface area contributed by atoms with E-state index in [1.54, 1.807) is 12.1 Å². The van der Waals surface area contributed by atoms with Crippen LogP contribution in [0.4, 0.5) is 0 Å². The van der Waals surface area contributed by atoms with Crippen LogP contribution >= 0.6 is 11.6 Å². The third-order valence-corrected chi connectivity index (χ3v) is 6.26. The Labute approximate surface area is 169 Å². The van der Waals surface area contributed by atoms with Gasteiger partial charge in [0.1, 0.15) is 22.5 Å². The van der Waals surface area contributed by atoms with Crippen molar-refractivity contribution in [1.82, 2.24) is 14.7 Å². The first kappa shape index (κ1) is 20.6. The molecule has 0 radical (unpaired) electrons. The van der Waals surface area contributed by atoms with Crippen molar-refractivity contribution in [2.75, 3.05) is 14.2 Å². The number of nitrogens with zero attached hydrogens (tertiary/aromatic N) is 2. The van der Waals surface area contributed by atoms with E-state index in [4.69, 9.17) is 25.8 Å². The Hall–Kier alpha value is -2.10. The molecule has 0 bridgehead atoms. The van der Waals surface area contributed by atoms with Gasteiger partial charge in [0.05, 0.1) is 31.6 Å². The maximum Gasteiger partial charge on any atom is 0.316 e. The van der Waals surface area contributed by atoms with E-state index in [1.165, 1.54) is 32.7 Å². The Balaban J connectivity index is 1.61. The summed E-state index contributed by atoms with van der Waals surface area (Å²) in [6.45, 7) is 0. The SMILES string of the molecule is COc1ccc(OC)c(S(=O)(=O)NC2CCC(Oc3ncc(Cl)cn3)CC2)c1. The number of sulfonamides is 1. The third-order valence-electron chi connectivity index (χ3n) is 4.53. The van der Waals surface area contributed by atoms with Crippen molar-refractivity contribution < 1.29 is 22.6 Å². The Kier molecular flexibility index (Phi) is 6.58. The summed E-state index contributed by atoms with van der Waals surface area (Å²) < 4.78 is 44.5. The molecule has 1 aromatic carbocycles. The maximum absolute atomic E-state index is 12.8. The van der Waals surface area contributed by atoms with Gasteiger partial charge in [0, 0.05) is 12.1 Å². The molecule has 1 aliphatic rings. The fourth-order valence-corrected chi connectivity index (χ4v) is 4.67. The lowest BCUT2D eigenvalue weighted by Gasteiger charge is -2.28. The molecule has 0 spiro atoms. The van der Waals surface area contributed by atoms with Crippen molar-refractivity contribution in [2.45, 2.75) is 42.7 Å². The molecule has 8 nitrogen and oxygen atoms in total.